The molecule has 2 unspecified atom stereocenters. The monoisotopic (exact) mass is 339 g/mol. The number of cyclic esters (lactones) is 1. The molecule has 4 saturated carbocycles. The molecule has 1 aliphatic heterocycles. The molecular formula is C22H29NO2. The van der Waals surface area contributed by atoms with Crippen LogP contribution in [0.5, 0.6) is 0 Å². The van der Waals surface area contributed by atoms with Crippen LogP contribution in [0.25, 0.3) is 0 Å². The lowest BCUT2D eigenvalue weighted by molar-refractivity contribution is -0.198. The van der Waals surface area contributed by atoms with Gasteiger partial charge in [-0.05, 0) is 68.9 Å². The zero-order chi connectivity index (χ0) is 17.1. The predicted octanol–water partition coefficient (Wildman–Crippen LogP) is 3.88. The Kier molecular flexibility index (Phi) is 3.54. The topological polar surface area (TPSA) is 38.3 Å². The predicted molar refractivity (Wildman–Crippen MR) is 96.9 cm³/mol. The lowest BCUT2D eigenvalue weighted by Gasteiger charge is -2.62. The van der Waals surface area contributed by atoms with Crippen LogP contribution in [-0.2, 0) is 15.1 Å². The standard InChI is InChI=1S/C22H29NO2/c1-23-14-18-13-22(25-20(18)24,19-5-3-2-4-6-19)21-10-15-7-16(11-21)9-17(8-15)12-21/h2-6,15-18,23H,7-14H2,1H3. The van der Waals surface area contributed by atoms with Gasteiger partial charge in [-0.15, -0.1) is 0 Å². The Morgan fingerprint density at radius 2 is 1.60 bits per heavy atom. The Morgan fingerprint density at radius 1 is 1.00 bits per heavy atom. The SMILES string of the molecule is CNCC1CC(c2ccccc2)(C23CC4CC(CC(C4)C2)C3)OC1=O. The quantitative estimate of drug-likeness (QED) is 0.846. The molecular weight excluding hydrogens is 310 g/mol. The molecule has 0 spiro atoms. The van der Waals surface area contributed by atoms with Crippen LogP contribution in [0.2, 0.25) is 0 Å². The van der Waals surface area contributed by atoms with Gasteiger partial charge in [0, 0.05) is 18.4 Å². The Hall–Kier alpha value is -1.35. The Morgan fingerprint density at radius 3 is 2.16 bits per heavy atom. The van der Waals surface area contributed by atoms with E-state index in [2.05, 4.69) is 35.6 Å². The van der Waals surface area contributed by atoms with Crippen LogP contribution in [0.4, 0.5) is 0 Å². The van der Waals surface area contributed by atoms with Crippen molar-refractivity contribution in [1.29, 1.82) is 0 Å². The first-order valence-electron chi connectivity index (χ1n) is 10.1. The number of hydrogen-bond donors (Lipinski definition) is 1. The molecule has 5 fully saturated rings. The number of carbonyl (C=O) groups excluding carboxylic acids is 1. The molecule has 2 atom stereocenters. The van der Waals surface area contributed by atoms with Crippen molar-refractivity contribution in [2.45, 2.75) is 50.5 Å². The third-order valence-electron chi connectivity index (χ3n) is 7.73. The van der Waals surface area contributed by atoms with Crippen molar-refractivity contribution in [3.8, 4) is 0 Å². The second kappa shape index (κ2) is 5.57. The minimum absolute atomic E-state index is 0.00829. The van der Waals surface area contributed by atoms with Gasteiger partial charge in [-0.25, -0.2) is 0 Å². The molecule has 4 aliphatic carbocycles. The normalized spacial score (nSPS) is 44.9. The fourth-order valence-corrected chi connectivity index (χ4v) is 7.25. The van der Waals surface area contributed by atoms with Crippen molar-refractivity contribution in [3.05, 3.63) is 35.9 Å². The maximum atomic E-state index is 12.8. The van der Waals surface area contributed by atoms with E-state index in [1.165, 1.54) is 44.1 Å². The average Bonchev–Trinajstić information content (AvgIpc) is 2.93. The van der Waals surface area contributed by atoms with E-state index in [0.717, 1.165) is 30.7 Å². The molecule has 1 aromatic rings. The zero-order valence-electron chi connectivity index (χ0n) is 15.2. The lowest BCUT2D eigenvalue weighted by Crippen LogP contribution is -2.56. The van der Waals surface area contributed by atoms with Crippen LogP contribution < -0.4 is 5.32 Å². The van der Waals surface area contributed by atoms with Crippen molar-refractivity contribution < 1.29 is 9.53 Å². The van der Waals surface area contributed by atoms with E-state index in [4.69, 9.17) is 4.74 Å². The molecule has 1 aromatic carbocycles. The Balaban J connectivity index is 1.61. The number of hydrogen-bond acceptors (Lipinski definition) is 3. The summed E-state index contributed by atoms with van der Waals surface area (Å²) in [6, 6.07) is 10.7. The van der Waals surface area contributed by atoms with Gasteiger partial charge in [-0.2, -0.15) is 0 Å². The second-order valence-electron chi connectivity index (χ2n) is 9.27. The van der Waals surface area contributed by atoms with E-state index in [0.29, 0.717) is 0 Å². The van der Waals surface area contributed by atoms with Gasteiger partial charge >= 0.3 is 5.97 Å². The van der Waals surface area contributed by atoms with Crippen LogP contribution in [0.15, 0.2) is 30.3 Å². The largest absolute Gasteiger partial charge is 0.453 e. The summed E-state index contributed by atoms with van der Waals surface area (Å²) in [5, 5.41) is 3.20. The minimum atomic E-state index is -0.400. The molecule has 3 heteroatoms. The molecule has 6 rings (SSSR count). The van der Waals surface area contributed by atoms with Crippen molar-refractivity contribution in [2.75, 3.05) is 13.6 Å². The van der Waals surface area contributed by atoms with Crippen molar-refractivity contribution >= 4 is 5.97 Å². The zero-order valence-corrected chi connectivity index (χ0v) is 15.2. The van der Waals surface area contributed by atoms with Gasteiger partial charge in [0.15, 0.2) is 0 Å². The van der Waals surface area contributed by atoms with Crippen molar-refractivity contribution in [2.24, 2.45) is 29.1 Å². The maximum Gasteiger partial charge on any atom is 0.311 e. The van der Waals surface area contributed by atoms with E-state index < -0.39 is 5.60 Å². The van der Waals surface area contributed by atoms with E-state index in [1.54, 1.807) is 0 Å². The number of benzene rings is 1. The molecule has 0 amide bonds. The molecule has 1 N–H and O–H groups in total. The van der Waals surface area contributed by atoms with E-state index in [1.807, 2.05) is 7.05 Å². The molecule has 0 radical (unpaired) electrons. The van der Waals surface area contributed by atoms with Gasteiger partial charge < -0.3 is 10.1 Å². The molecule has 3 nitrogen and oxygen atoms in total. The smallest absolute Gasteiger partial charge is 0.311 e. The summed E-state index contributed by atoms with van der Waals surface area (Å²) < 4.78 is 6.41. The first kappa shape index (κ1) is 15.9. The third kappa shape index (κ3) is 2.24. The van der Waals surface area contributed by atoms with Gasteiger partial charge in [0.25, 0.3) is 0 Å². The third-order valence-corrected chi connectivity index (χ3v) is 7.73. The van der Waals surface area contributed by atoms with E-state index >= 15 is 0 Å². The van der Waals surface area contributed by atoms with Crippen LogP contribution in [0.3, 0.4) is 0 Å². The number of ether oxygens (including phenoxy) is 1. The summed E-state index contributed by atoms with van der Waals surface area (Å²) in [7, 11) is 1.93. The van der Waals surface area contributed by atoms with Gasteiger partial charge in [-0.3, -0.25) is 4.79 Å². The highest BCUT2D eigenvalue weighted by Gasteiger charge is 2.65. The molecule has 134 valence electrons. The second-order valence-corrected chi connectivity index (χ2v) is 9.27. The van der Waals surface area contributed by atoms with Crippen LogP contribution >= 0.6 is 0 Å². The highest BCUT2D eigenvalue weighted by Crippen LogP contribution is 2.69. The van der Waals surface area contributed by atoms with E-state index in [9.17, 15) is 4.79 Å². The molecule has 5 aliphatic rings. The lowest BCUT2D eigenvalue weighted by atomic mass is 9.44. The van der Waals surface area contributed by atoms with Gasteiger partial charge in [0.2, 0.25) is 0 Å². The molecule has 1 saturated heterocycles. The highest BCUT2D eigenvalue weighted by atomic mass is 16.6. The van der Waals surface area contributed by atoms with Gasteiger partial charge in [0.1, 0.15) is 5.60 Å². The average molecular weight is 339 g/mol. The van der Waals surface area contributed by atoms with Crippen molar-refractivity contribution in [1.82, 2.24) is 5.32 Å². The van der Waals surface area contributed by atoms with Crippen LogP contribution in [0, 0.1) is 29.1 Å². The number of rotatable bonds is 4. The van der Waals surface area contributed by atoms with E-state index in [-0.39, 0.29) is 17.3 Å². The summed E-state index contributed by atoms with van der Waals surface area (Å²) in [5.74, 6) is 2.56. The summed E-state index contributed by atoms with van der Waals surface area (Å²) in [6.45, 7) is 0.722. The first-order chi connectivity index (χ1) is 12.1. The molecule has 0 aromatic heterocycles. The molecule has 1 heterocycles. The van der Waals surface area contributed by atoms with Crippen LogP contribution in [-0.4, -0.2) is 19.6 Å². The Bertz CT molecular complexity index is 635. The first-order valence-corrected chi connectivity index (χ1v) is 10.1. The molecule has 4 bridgehead atoms. The van der Waals surface area contributed by atoms with Gasteiger partial charge in [-0.1, -0.05) is 30.3 Å². The summed E-state index contributed by atoms with van der Waals surface area (Å²) >= 11 is 0. The maximum absolute atomic E-state index is 12.8. The fourth-order valence-electron chi connectivity index (χ4n) is 7.25. The number of nitrogens with one attached hydrogen (secondary N) is 1. The van der Waals surface area contributed by atoms with Crippen LogP contribution in [0.1, 0.15) is 50.5 Å². The number of carbonyl (C=O) groups is 1. The summed E-state index contributed by atoms with van der Waals surface area (Å²) in [6.07, 6.45) is 8.87. The minimum Gasteiger partial charge on any atom is -0.453 e. The number of esters is 1. The van der Waals surface area contributed by atoms with Gasteiger partial charge in [0.05, 0.1) is 5.92 Å². The fraction of sp³-hybridized carbons (Fsp3) is 0.682. The van der Waals surface area contributed by atoms with Crippen molar-refractivity contribution in [3.63, 3.8) is 0 Å². The summed E-state index contributed by atoms with van der Waals surface area (Å²) in [5.41, 5.74) is 1.01. The Labute approximate surface area is 150 Å². The highest BCUT2D eigenvalue weighted by molar-refractivity contribution is 5.76. The molecule has 25 heavy (non-hydrogen) atoms. The summed E-state index contributed by atoms with van der Waals surface area (Å²) in [4.78, 5) is 12.8.